The summed E-state index contributed by atoms with van der Waals surface area (Å²) in [4.78, 5) is 23.1. The smallest absolute Gasteiger partial charge is 0.347 e. The van der Waals surface area contributed by atoms with E-state index in [1.165, 1.54) is 19.1 Å². The monoisotopic (exact) mass is 271 g/mol. The van der Waals surface area contributed by atoms with E-state index in [1.54, 1.807) is 13.0 Å². The van der Waals surface area contributed by atoms with E-state index in [0.717, 1.165) is 0 Å². The van der Waals surface area contributed by atoms with E-state index in [9.17, 15) is 9.59 Å². The lowest BCUT2D eigenvalue weighted by Crippen LogP contribution is -2.26. The van der Waals surface area contributed by atoms with Gasteiger partial charge < -0.3 is 15.2 Å². The van der Waals surface area contributed by atoms with Gasteiger partial charge in [0.25, 0.3) is 0 Å². The number of hydrogen-bond donors (Lipinski definition) is 1. The lowest BCUT2D eigenvalue weighted by molar-refractivity contribution is -0.152. The van der Waals surface area contributed by atoms with Crippen molar-refractivity contribution in [1.29, 1.82) is 0 Å². The van der Waals surface area contributed by atoms with Crippen LogP contribution in [-0.4, -0.2) is 24.6 Å². The second-order valence-corrected chi connectivity index (χ2v) is 3.97. The number of ether oxygens (including phenoxy) is 2. The summed E-state index contributed by atoms with van der Waals surface area (Å²) in [6.07, 6.45) is -0.990. The summed E-state index contributed by atoms with van der Waals surface area (Å²) in [5.74, 6) is -1.32. The molecule has 0 amide bonds. The van der Waals surface area contributed by atoms with Crippen LogP contribution in [-0.2, 0) is 14.3 Å². The first-order valence-corrected chi connectivity index (χ1v) is 5.76. The van der Waals surface area contributed by atoms with Crippen LogP contribution in [0, 0.1) is 0 Å². The lowest BCUT2D eigenvalue weighted by atomic mass is 10.2. The molecule has 0 aliphatic carbocycles. The minimum absolute atomic E-state index is 0.124. The van der Waals surface area contributed by atoms with Gasteiger partial charge in [-0.15, -0.1) is 0 Å². The minimum atomic E-state index is -0.990. The molecule has 18 heavy (non-hydrogen) atoms. The van der Waals surface area contributed by atoms with Crippen LogP contribution in [0.15, 0.2) is 18.2 Å². The first-order chi connectivity index (χ1) is 8.45. The summed E-state index contributed by atoms with van der Waals surface area (Å²) in [5, 5.41) is 0.361. The highest BCUT2D eigenvalue weighted by Gasteiger charge is 2.21. The van der Waals surface area contributed by atoms with Gasteiger partial charge in [-0.25, -0.2) is 9.59 Å². The number of benzene rings is 1. The highest BCUT2D eigenvalue weighted by atomic mass is 35.5. The maximum atomic E-state index is 11.8. The van der Waals surface area contributed by atoms with Crippen molar-refractivity contribution in [2.45, 2.75) is 20.0 Å². The summed E-state index contributed by atoms with van der Waals surface area (Å²) in [6, 6.07) is 4.44. The first-order valence-electron chi connectivity index (χ1n) is 5.38. The Bertz CT molecular complexity index is 461. The number of rotatable bonds is 4. The van der Waals surface area contributed by atoms with Gasteiger partial charge in [0, 0.05) is 10.7 Å². The third-order valence-corrected chi connectivity index (χ3v) is 2.37. The number of carbonyl (C=O) groups excluding carboxylic acids is 2. The molecule has 0 aliphatic heterocycles. The van der Waals surface area contributed by atoms with Gasteiger partial charge in [-0.2, -0.15) is 0 Å². The van der Waals surface area contributed by atoms with Crippen molar-refractivity contribution < 1.29 is 19.1 Å². The Hall–Kier alpha value is -1.75. The highest BCUT2D eigenvalue weighted by molar-refractivity contribution is 6.31. The zero-order valence-electron chi connectivity index (χ0n) is 10.1. The third-order valence-electron chi connectivity index (χ3n) is 2.14. The summed E-state index contributed by atoms with van der Waals surface area (Å²) in [6.45, 7) is 3.32. The van der Waals surface area contributed by atoms with Crippen molar-refractivity contribution in [3.63, 3.8) is 0 Å². The molecule has 1 aromatic carbocycles. The minimum Gasteiger partial charge on any atom is -0.463 e. The quantitative estimate of drug-likeness (QED) is 0.670. The topological polar surface area (TPSA) is 78.6 Å². The average Bonchev–Trinajstić information content (AvgIpc) is 2.32. The molecule has 6 heteroatoms. The Balaban J connectivity index is 2.76. The summed E-state index contributed by atoms with van der Waals surface area (Å²) < 4.78 is 9.66. The van der Waals surface area contributed by atoms with Gasteiger partial charge in [-0.05, 0) is 32.0 Å². The second-order valence-electron chi connectivity index (χ2n) is 3.53. The number of hydrogen-bond acceptors (Lipinski definition) is 5. The van der Waals surface area contributed by atoms with Crippen molar-refractivity contribution in [2.24, 2.45) is 0 Å². The number of esters is 2. The standard InChI is InChI=1S/C12H14ClNO4/c1-3-17-11(15)7(2)18-12(16)9-6-8(13)4-5-10(9)14/h4-7H,3,14H2,1-2H3. The number of nitrogen functional groups attached to an aromatic ring is 1. The van der Waals surface area contributed by atoms with Crippen LogP contribution in [0.1, 0.15) is 24.2 Å². The van der Waals surface area contributed by atoms with Crippen LogP contribution < -0.4 is 5.73 Å². The maximum absolute atomic E-state index is 11.8. The molecule has 0 spiro atoms. The van der Waals surface area contributed by atoms with Crippen molar-refractivity contribution in [3.05, 3.63) is 28.8 Å². The maximum Gasteiger partial charge on any atom is 0.347 e. The fourth-order valence-corrected chi connectivity index (χ4v) is 1.41. The predicted molar refractivity (Wildman–Crippen MR) is 67.4 cm³/mol. The Morgan fingerprint density at radius 2 is 2.11 bits per heavy atom. The van der Waals surface area contributed by atoms with Gasteiger partial charge in [-0.1, -0.05) is 11.6 Å². The van der Waals surface area contributed by atoms with E-state index in [0.29, 0.717) is 5.02 Å². The largest absolute Gasteiger partial charge is 0.463 e. The van der Waals surface area contributed by atoms with Gasteiger partial charge in [0.2, 0.25) is 0 Å². The van der Waals surface area contributed by atoms with E-state index in [2.05, 4.69) is 0 Å². The molecule has 0 fully saturated rings. The average molecular weight is 272 g/mol. The Morgan fingerprint density at radius 1 is 1.44 bits per heavy atom. The van der Waals surface area contributed by atoms with Crippen molar-refractivity contribution >= 4 is 29.2 Å². The molecule has 5 nitrogen and oxygen atoms in total. The summed E-state index contributed by atoms with van der Waals surface area (Å²) in [7, 11) is 0. The molecule has 1 aromatic rings. The molecule has 1 rings (SSSR count). The van der Waals surface area contributed by atoms with Crippen LogP contribution in [0.25, 0.3) is 0 Å². The molecule has 0 aliphatic rings. The number of carbonyl (C=O) groups is 2. The Morgan fingerprint density at radius 3 is 2.72 bits per heavy atom. The second kappa shape index (κ2) is 6.26. The molecule has 2 N–H and O–H groups in total. The lowest BCUT2D eigenvalue weighted by Gasteiger charge is -2.12. The zero-order chi connectivity index (χ0) is 13.7. The molecule has 1 unspecified atom stereocenters. The number of nitrogens with two attached hydrogens (primary N) is 1. The van der Waals surface area contributed by atoms with Crippen molar-refractivity contribution in [2.75, 3.05) is 12.3 Å². The van der Waals surface area contributed by atoms with Crippen LogP contribution in [0.4, 0.5) is 5.69 Å². The molecule has 1 atom stereocenters. The third kappa shape index (κ3) is 3.63. The van der Waals surface area contributed by atoms with Gasteiger partial charge in [0.1, 0.15) is 0 Å². The fraction of sp³-hybridized carbons (Fsp3) is 0.333. The van der Waals surface area contributed by atoms with Crippen molar-refractivity contribution in [1.82, 2.24) is 0 Å². The molecule has 0 radical (unpaired) electrons. The van der Waals surface area contributed by atoms with Crippen molar-refractivity contribution in [3.8, 4) is 0 Å². The number of halogens is 1. The van der Waals surface area contributed by atoms with Crippen LogP contribution >= 0.6 is 11.6 Å². The van der Waals surface area contributed by atoms with E-state index >= 15 is 0 Å². The molecule has 0 saturated heterocycles. The van der Waals surface area contributed by atoms with Gasteiger partial charge in [-0.3, -0.25) is 0 Å². The molecule has 0 aromatic heterocycles. The highest BCUT2D eigenvalue weighted by Crippen LogP contribution is 2.19. The number of anilines is 1. The van der Waals surface area contributed by atoms with E-state index in [1.807, 2.05) is 0 Å². The van der Waals surface area contributed by atoms with Crippen LogP contribution in [0.3, 0.4) is 0 Å². The molecule has 0 heterocycles. The SMILES string of the molecule is CCOC(=O)C(C)OC(=O)c1cc(Cl)ccc1N. The van der Waals surface area contributed by atoms with Gasteiger partial charge in [0.15, 0.2) is 6.10 Å². The summed E-state index contributed by atoms with van der Waals surface area (Å²) in [5.41, 5.74) is 5.99. The van der Waals surface area contributed by atoms with Gasteiger partial charge in [0.05, 0.1) is 12.2 Å². The van der Waals surface area contributed by atoms with Crippen LogP contribution in [0.5, 0.6) is 0 Å². The molecule has 98 valence electrons. The normalized spacial score (nSPS) is 11.7. The van der Waals surface area contributed by atoms with E-state index < -0.39 is 18.0 Å². The predicted octanol–water partition coefficient (Wildman–Crippen LogP) is 2.03. The van der Waals surface area contributed by atoms with Gasteiger partial charge >= 0.3 is 11.9 Å². The van der Waals surface area contributed by atoms with E-state index in [4.69, 9.17) is 26.8 Å². The Kier molecular flexibility index (Phi) is 4.97. The summed E-state index contributed by atoms with van der Waals surface area (Å²) >= 11 is 5.75. The molecular weight excluding hydrogens is 258 g/mol. The fourth-order valence-electron chi connectivity index (χ4n) is 1.24. The zero-order valence-corrected chi connectivity index (χ0v) is 10.9. The van der Waals surface area contributed by atoms with E-state index in [-0.39, 0.29) is 17.9 Å². The molecule has 0 saturated carbocycles. The first kappa shape index (κ1) is 14.3. The molecule has 0 bridgehead atoms. The van der Waals surface area contributed by atoms with Crippen LogP contribution in [0.2, 0.25) is 5.02 Å². The molecular formula is C12H14ClNO4. The Labute approximate surface area is 110 Å².